The van der Waals surface area contributed by atoms with Crippen molar-refractivity contribution in [2.24, 2.45) is 5.73 Å². The van der Waals surface area contributed by atoms with Crippen molar-refractivity contribution in [3.05, 3.63) is 28.5 Å². The smallest absolute Gasteiger partial charge is 0.142 e. The molecule has 1 aromatic rings. The van der Waals surface area contributed by atoms with Crippen LogP contribution in [0.1, 0.15) is 12.5 Å². The largest absolute Gasteiger partial charge is 0.494 e. The van der Waals surface area contributed by atoms with Gasteiger partial charge in [0.25, 0.3) is 0 Å². The zero-order valence-electron chi connectivity index (χ0n) is 8.02. The van der Waals surface area contributed by atoms with E-state index in [0.717, 1.165) is 5.56 Å². The summed E-state index contributed by atoms with van der Waals surface area (Å²) >= 11 is 5.64. The molecule has 78 valence electrons. The summed E-state index contributed by atoms with van der Waals surface area (Å²) in [6.07, 6.45) is 0.587. The average Bonchev–Trinajstić information content (AvgIpc) is 2.14. The Morgan fingerprint density at radius 1 is 1.50 bits per heavy atom. The van der Waals surface area contributed by atoms with Crippen molar-refractivity contribution in [2.45, 2.75) is 13.3 Å². The molecule has 0 unspecified atom stereocenters. The van der Waals surface area contributed by atoms with E-state index in [1.165, 1.54) is 12.1 Å². The lowest BCUT2D eigenvalue weighted by molar-refractivity contribution is 0.336. The van der Waals surface area contributed by atoms with Crippen LogP contribution in [0, 0.1) is 5.82 Å². The monoisotopic (exact) mass is 217 g/mol. The van der Waals surface area contributed by atoms with Crippen molar-refractivity contribution in [3.8, 4) is 5.75 Å². The summed E-state index contributed by atoms with van der Waals surface area (Å²) in [7, 11) is 0. The summed E-state index contributed by atoms with van der Waals surface area (Å²) in [5.74, 6) is 0.183. The van der Waals surface area contributed by atoms with Gasteiger partial charge in [0.1, 0.15) is 11.6 Å². The number of benzene rings is 1. The molecular weight excluding hydrogens is 205 g/mol. The molecular formula is C10H13ClFNO. The Balaban J connectivity index is 3.03. The fourth-order valence-electron chi connectivity index (χ4n) is 1.21. The number of rotatable bonds is 4. The first kappa shape index (κ1) is 11.3. The van der Waals surface area contributed by atoms with Crippen molar-refractivity contribution < 1.29 is 9.13 Å². The molecule has 2 nitrogen and oxygen atoms in total. The Labute approximate surface area is 87.8 Å². The molecule has 1 aromatic carbocycles. The van der Waals surface area contributed by atoms with Crippen LogP contribution in [-0.2, 0) is 6.42 Å². The lowest BCUT2D eigenvalue weighted by atomic mass is 10.1. The molecule has 1 rings (SSSR count). The number of hydrogen-bond donors (Lipinski definition) is 1. The summed E-state index contributed by atoms with van der Waals surface area (Å²) in [4.78, 5) is 0. The average molecular weight is 218 g/mol. The van der Waals surface area contributed by atoms with Gasteiger partial charge in [0.15, 0.2) is 0 Å². The van der Waals surface area contributed by atoms with E-state index >= 15 is 0 Å². The van der Waals surface area contributed by atoms with Gasteiger partial charge < -0.3 is 10.5 Å². The van der Waals surface area contributed by atoms with Gasteiger partial charge in [0, 0.05) is 6.07 Å². The zero-order chi connectivity index (χ0) is 10.6. The maximum atomic E-state index is 13.1. The Kier molecular flexibility index (Phi) is 4.17. The van der Waals surface area contributed by atoms with Gasteiger partial charge in [-0.2, -0.15) is 0 Å². The van der Waals surface area contributed by atoms with E-state index in [1.807, 2.05) is 6.92 Å². The second kappa shape index (κ2) is 5.17. The van der Waals surface area contributed by atoms with Gasteiger partial charge >= 0.3 is 0 Å². The van der Waals surface area contributed by atoms with Crippen LogP contribution in [0.5, 0.6) is 5.75 Å². The third-order valence-electron chi connectivity index (χ3n) is 1.82. The molecule has 0 saturated carbocycles. The van der Waals surface area contributed by atoms with Gasteiger partial charge in [0.2, 0.25) is 0 Å². The molecule has 14 heavy (non-hydrogen) atoms. The van der Waals surface area contributed by atoms with E-state index < -0.39 is 5.82 Å². The highest BCUT2D eigenvalue weighted by molar-refractivity contribution is 6.30. The van der Waals surface area contributed by atoms with Crippen LogP contribution in [0.25, 0.3) is 0 Å². The first-order valence-corrected chi connectivity index (χ1v) is 4.87. The second-order valence-electron chi connectivity index (χ2n) is 2.85. The molecule has 2 N–H and O–H groups in total. The van der Waals surface area contributed by atoms with Gasteiger partial charge in [-0.3, -0.25) is 0 Å². The van der Waals surface area contributed by atoms with Crippen LogP contribution in [0.2, 0.25) is 5.02 Å². The molecule has 0 aliphatic rings. The minimum atomic E-state index is -0.432. The number of hydrogen-bond acceptors (Lipinski definition) is 2. The lowest BCUT2D eigenvalue weighted by Crippen LogP contribution is -2.06. The van der Waals surface area contributed by atoms with E-state index in [-0.39, 0.29) is 5.02 Å². The highest BCUT2D eigenvalue weighted by Crippen LogP contribution is 2.26. The van der Waals surface area contributed by atoms with E-state index in [4.69, 9.17) is 22.1 Å². The highest BCUT2D eigenvalue weighted by atomic mass is 35.5. The second-order valence-corrected chi connectivity index (χ2v) is 3.25. The summed E-state index contributed by atoms with van der Waals surface area (Å²) in [6, 6.07) is 2.87. The molecule has 0 spiro atoms. The summed E-state index contributed by atoms with van der Waals surface area (Å²) in [6.45, 7) is 2.85. The van der Waals surface area contributed by atoms with Crippen molar-refractivity contribution in [1.82, 2.24) is 0 Å². The van der Waals surface area contributed by atoms with Gasteiger partial charge in [-0.25, -0.2) is 4.39 Å². The fourth-order valence-corrected chi connectivity index (χ4v) is 1.36. The van der Waals surface area contributed by atoms with Crippen LogP contribution >= 0.6 is 11.6 Å². The predicted octanol–water partition coefficient (Wildman–Crippen LogP) is 2.38. The maximum Gasteiger partial charge on any atom is 0.142 e. The first-order chi connectivity index (χ1) is 6.69. The zero-order valence-corrected chi connectivity index (χ0v) is 8.77. The van der Waals surface area contributed by atoms with Crippen molar-refractivity contribution in [3.63, 3.8) is 0 Å². The summed E-state index contributed by atoms with van der Waals surface area (Å²) < 4.78 is 18.4. The van der Waals surface area contributed by atoms with Crippen molar-refractivity contribution >= 4 is 11.6 Å². The van der Waals surface area contributed by atoms with E-state index in [9.17, 15) is 4.39 Å². The third-order valence-corrected chi connectivity index (χ3v) is 2.11. The van der Waals surface area contributed by atoms with Crippen LogP contribution in [0.4, 0.5) is 4.39 Å². The van der Waals surface area contributed by atoms with Crippen molar-refractivity contribution in [2.75, 3.05) is 13.2 Å². The number of halogens is 2. The molecule has 0 fully saturated rings. The molecule has 0 saturated heterocycles. The third kappa shape index (κ3) is 2.59. The SMILES string of the molecule is CCOc1cc(Cl)c(F)cc1CCN. The summed E-state index contributed by atoms with van der Waals surface area (Å²) in [5, 5.41) is 0.0780. The normalized spacial score (nSPS) is 10.3. The minimum Gasteiger partial charge on any atom is -0.494 e. The first-order valence-electron chi connectivity index (χ1n) is 4.49. The highest BCUT2D eigenvalue weighted by Gasteiger charge is 2.08. The molecule has 0 amide bonds. The fraction of sp³-hybridized carbons (Fsp3) is 0.400. The predicted molar refractivity (Wildman–Crippen MR) is 55.3 cm³/mol. The molecule has 0 aromatic heterocycles. The molecule has 0 aliphatic carbocycles. The van der Waals surface area contributed by atoms with Gasteiger partial charge in [-0.05, 0) is 31.5 Å². The maximum absolute atomic E-state index is 13.1. The van der Waals surface area contributed by atoms with Crippen LogP contribution in [0.3, 0.4) is 0 Å². The standard InChI is InChI=1S/C10H13ClFNO/c1-2-14-10-6-8(11)9(12)5-7(10)3-4-13/h5-6H,2-4,13H2,1H3. The van der Waals surface area contributed by atoms with E-state index in [1.54, 1.807) is 0 Å². The van der Waals surface area contributed by atoms with Gasteiger partial charge in [-0.15, -0.1) is 0 Å². The Bertz CT molecular complexity index is 286. The Morgan fingerprint density at radius 2 is 2.21 bits per heavy atom. The molecule has 0 heterocycles. The van der Waals surface area contributed by atoms with E-state index in [0.29, 0.717) is 25.3 Å². The molecule has 0 atom stereocenters. The quantitative estimate of drug-likeness (QED) is 0.841. The molecule has 0 aliphatic heterocycles. The Hall–Kier alpha value is -0.800. The summed E-state index contributed by atoms with van der Waals surface area (Å²) in [5.41, 5.74) is 6.16. The molecule has 4 heteroatoms. The molecule has 0 radical (unpaired) electrons. The minimum absolute atomic E-state index is 0.0780. The number of nitrogens with two attached hydrogens (primary N) is 1. The lowest BCUT2D eigenvalue weighted by Gasteiger charge is -2.10. The van der Waals surface area contributed by atoms with Crippen LogP contribution in [-0.4, -0.2) is 13.2 Å². The van der Waals surface area contributed by atoms with Gasteiger partial charge in [0.05, 0.1) is 11.6 Å². The topological polar surface area (TPSA) is 35.2 Å². The molecule has 0 bridgehead atoms. The van der Waals surface area contributed by atoms with Crippen molar-refractivity contribution in [1.29, 1.82) is 0 Å². The Morgan fingerprint density at radius 3 is 2.79 bits per heavy atom. The van der Waals surface area contributed by atoms with E-state index in [2.05, 4.69) is 0 Å². The van der Waals surface area contributed by atoms with Crippen LogP contribution < -0.4 is 10.5 Å². The number of ether oxygens (including phenoxy) is 1. The van der Waals surface area contributed by atoms with Gasteiger partial charge in [-0.1, -0.05) is 11.6 Å². The van der Waals surface area contributed by atoms with Crippen LogP contribution in [0.15, 0.2) is 12.1 Å².